The second-order valence-corrected chi connectivity index (χ2v) is 25.8. The molecule has 0 bridgehead atoms. The van der Waals surface area contributed by atoms with Gasteiger partial charge in [0.2, 0.25) is 0 Å². The van der Waals surface area contributed by atoms with Crippen LogP contribution in [0.3, 0.4) is 0 Å². The SMILES string of the molecule is CCCCCCCCCCCCCCCCCC[N+](C)(C)CCC[SiH2][Si](C(C)C)(C(C)C)C(C)C.[Cl-]. The molecule has 0 fully saturated rings. The van der Waals surface area contributed by atoms with Crippen molar-refractivity contribution in [2.24, 2.45) is 0 Å². The molecule has 0 rings (SSSR count). The monoisotopic (exact) mass is 561 g/mol. The van der Waals surface area contributed by atoms with Crippen LogP contribution in [0.5, 0.6) is 0 Å². The summed E-state index contributed by atoms with van der Waals surface area (Å²) in [5.41, 5.74) is 2.92. The number of quaternary nitrogens is 1. The summed E-state index contributed by atoms with van der Waals surface area (Å²) in [6, 6.07) is 1.60. The van der Waals surface area contributed by atoms with Gasteiger partial charge in [-0.2, -0.15) is 0 Å². The van der Waals surface area contributed by atoms with Crippen molar-refractivity contribution < 1.29 is 16.9 Å². The maximum Gasteiger partial charge on any atom is 0.0782 e. The lowest BCUT2D eigenvalue weighted by molar-refractivity contribution is -0.890. The normalized spacial score (nSPS) is 13.0. The minimum atomic E-state index is -1.06. The highest BCUT2D eigenvalue weighted by molar-refractivity contribution is 7.26. The van der Waals surface area contributed by atoms with E-state index in [1.54, 1.807) is 6.04 Å². The van der Waals surface area contributed by atoms with Gasteiger partial charge >= 0.3 is 0 Å². The molecule has 0 saturated carbocycles. The fourth-order valence-corrected chi connectivity index (χ4v) is 21.6. The first-order valence-electron chi connectivity index (χ1n) is 16.4. The van der Waals surface area contributed by atoms with E-state index in [4.69, 9.17) is 0 Å². The van der Waals surface area contributed by atoms with Gasteiger partial charge in [-0.15, -0.1) is 0 Å². The minimum Gasteiger partial charge on any atom is -1.00 e. The Morgan fingerprint density at radius 1 is 0.500 bits per heavy atom. The molecule has 36 heavy (non-hydrogen) atoms. The third-order valence-electron chi connectivity index (χ3n) is 9.46. The van der Waals surface area contributed by atoms with E-state index in [1.165, 1.54) is 127 Å². The van der Waals surface area contributed by atoms with Gasteiger partial charge in [-0.05, 0) is 19.3 Å². The highest BCUT2D eigenvalue weighted by Crippen LogP contribution is 2.41. The highest BCUT2D eigenvalue weighted by atomic mass is 35.5. The lowest BCUT2D eigenvalue weighted by Gasteiger charge is -2.43. The molecular weight excluding hydrogens is 490 g/mol. The van der Waals surface area contributed by atoms with E-state index >= 15 is 0 Å². The molecule has 0 aliphatic rings. The fraction of sp³-hybridized carbons (Fsp3) is 1.00. The van der Waals surface area contributed by atoms with Crippen LogP contribution in [0.1, 0.15) is 158 Å². The van der Waals surface area contributed by atoms with E-state index in [9.17, 15) is 0 Å². The predicted octanol–water partition coefficient (Wildman–Crippen LogP) is 7.48. The molecule has 0 saturated heterocycles. The average Bonchev–Trinajstić information content (AvgIpc) is 2.78. The molecular formula is C32H72ClNSi2. The van der Waals surface area contributed by atoms with Gasteiger partial charge in [0.15, 0.2) is 0 Å². The van der Waals surface area contributed by atoms with Crippen molar-refractivity contribution in [1.29, 1.82) is 0 Å². The van der Waals surface area contributed by atoms with Gasteiger partial charge in [-0.3, -0.25) is 0 Å². The van der Waals surface area contributed by atoms with Gasteiger partial charge in [0.05, 0.1) is 27.2 Å². The Hall–Kier alpha value is 0.684. The molecule has 0 atom stereocenters. The summed E-state index contributed by atoms with van der Waals surface area (Å²) in [6.45, 7) is 20.4. The average molecular weight is 563 g/mol. The smallest absolute Gasteiger partial charge is 0.0782 e. The Labute approximate surface area is 240 Å². The van der Waals surface area contributed by atoms with E-state index in [-0.39, 0.29) is 21.4 Å². The van der Waals surface area contributed by atoms with Gasteiger partial charge < -0.3 is 16.9 Å². The quantitative estimate of drug-likeness (QED) is 0.0615. The molecule has 0 heterocycles. The van der Waals surface area contributed by atoms with E-state index in [0.717, 1.165) is 16.6 Å². The molecule has 0 aromatic heterocycles. The number of nitrogens with zero attached hydrogens (tertiary/aromatic N) is 1. The fourth-order valence-electron chi connectivity index (χ4n) is 7.04. The molecule has 0 unspecified atom stereocenters. The van der Waals surface area contributed by atoms with Crippen LogP contribution in [-0.4, -0.2) is 48.3 Å². The Balaban J connectivity index is 0. The van der Waals surface area contributed by atoms with Crippen molar-refractivity contribution in [2.75, 3.05) is 27.2 Å². The van der Waals surface area contributed by atoms with Crippen molar-refractivity contribution in [3.63, 3.8) is 0 Å². The molecule has 0 spiro atoms. The standard InChI is InChI=1S/C32H72NSi2.ClH/c1-10-11-12-13-14-15-16-17-18-19-20-21-22-23-24-25-27-33(8,9)28-26-29-34-35(30(2)3,31(4)5)32(6)7;/h30-32H,10-29,34H2,1-9H3;1H/q+1;/p-1. The molecule has 4 heteroatoms. The zero-order chi connectivity index (χ0) is 26.6. The molecule has 0 amide bonds. The van der Waals surface area contributed by atoms with Crippen molar-refractivity contribution in [3.05, 3.63) is 0 Å². The predicted molar refractivity (Wildman–Crippen MR) is 170 cm³/mol. The van der Waals surface area contributed by atoms with E-state index in [1.807, 2.05) is 0 Å². The topological polar surface area (TPSA) is 0 Å². The summed E-state index contributed by atoms with van der Waals surface area (Å²) >= 11 is 0. The van der Waals surface area contributed by atoms with Crippen LogP contribution in [0, 0.1) is 0 Å². The Morgan fingerprint density at radius 2 is 0.806 bits per heavy atom. The number of unbranched alkanes of at least 4 members (excludes halogenated alkanes) is 15. The summed E-state index contributed by atoms with van der Waals surface area (Å²) in [6.07, 6.45) is 24.9. The van der Waals surface area contributed by atoms with Gasteiger partial charge in [0.25, 0.3) is 0 Å². The maximum atomic E-state index is 2.55. The van der Waals surface area contributed by atoms with Gasteiger partial charge in [0, 0.05) is 16.6 Å². The lowest BCUT2D eigenvalue weighted by Crippen LogP contribution is -3.00. The van der Waals surface area contributed by atoms with Crippen LogP contribution < -0.4 is 12.4 Å². The summed E-state index contributed by atoms with van der Waals surface area (Å²) in [5, 5.41) is 0. The van der Waals surface area contributed by atoms with Crippen LogP contribution in [0.4, 0.5) is 0 Å². The highest BCUT2D eigenvalue weighted by Gasteiger charge is 2.41. The molecule has 0 aliphatic heterocycles. The molecule has 0 N–H and O–H groups in total. The zero-order valence-corrected chi connectivity index (χ0v) is 30.1. The molecule has 0 aliphatic carbocycles. The molecule has 0 radical (unpaired) electrons. The third-order valence-corrected chi connectivity index (χ3v) is 28.6. The first-order chi connectivity index (χ1) is 16.6. The van der Waals surface area contributed by atoms with Crippen molar-refractivity contribution in [3.8, 4) is 0 Å². The van der Waals surface area contributed by atoms with Crippen molar-refractivity contribution >= 4 is 16.6 Å². The number of rotatable bonds is 25. The summed E-state index contributed by atoms with van der Waals surface area (Å²) < 4.78 is 1.26. The van der Waals surface area contributed by atoms with Gasteiger partial charge in [0.1, 0.15) is 0 Å². The molecule has 220 valence electrons. The van der Waals surface area contributed by atoms with Crippen LogP contribution in [0.15, 0.2) is 0 Å². The summed E-state index contributed by atoms with van der Waals surface area (Å²) in [5.74, 6) is 0. The second kappa shape index (κ2) is 23.6. The zero-order valence-electron chi connectivity index (χ0n) is 26.9. The number of halogens is 1. The Morgan fingerprint density at radius 3 is 1.14 bits per heavy atom. The Bertz CT molecular complexity index is 443. The lowest BCUT2D eigenvalue weighted by atomic mass is 10.0. The number of hydrogen-bond acceptors (Lipinski definition) is 0. The summed E-state index contributed by atoms with van der Waals surface area (Å²) in [7, 11) is 4.01. The Kier molecular flexibility index (Phi) is 25.4. The van der Waals surface area contributed by atoms with Crippen molar-refractivity contribution in [2.45, 2.75) is 180 Å². The maximum absolute atomic E-state index is 2.55. The third kappa shape index (κ3) is 18.1. The first kappa shape index (κ1) is 38.8. The second-order valence-electron chi connectivity index (χ2n) is 13.7. The van der Waals surface area contributed by atoms with E-state index in [0.29, 0.717) is 0 Å². The van der Waals surface area contributed by atoms with Crippen LogP contribution in [-0.2, 0) is 0 Å². The summed E-state index contributed by atoms with van der Waals surface area (Å²) in [4.78, 5) is 0. The van der Waals surface area contributed by atoms with Crippen molar-refractivity contribution in [1.82, 2.24) is 0 Å². The van der Waals surface area contributed by atoms with Crippen LogP contribution in [0.25, 0.3) is 0 Å². The first-order valence-corrected chi connectivity index (χ1v) is 22.0. The molecule has 0 aromatic carbocycles. The molecule has 1 nitrogen and oxygen atoms in total. The van der Waals surface area contributed by atoms with E-state index < -0.39 is 7.59 Å². The molecule has 0 aromatic rings. The van der Waals surface area contributed by atoms with Gasteiger partial charge in [-0.25, -0.2) is 0 Å². The largest absolute Gasteiger partial charge is 1.00 e. The van der Waals surface area contributed by atoms with Gasteiger partial charge in [-0.1, -0.05) is 161 Å². The van der Waals surface area contributed by atoms with E-state index in [2.05, 4.69) is 62.6 Å². The minimum absolute atomic E-state index is 0. The van der Waals surface area contributed by atoms with Crippen LogP contribution >= 0.6 is 0 Å². The van der Waals surface area contributed by atoms with Crippen LogP contribution in [0.2, 0.25) is 22.7 Å². The number of hydrogen-bond donors (Lipinski definition) is 0.